The summed E-state index contributed by atoms with van der Waals surface area (Å²) in [5.41, 5.74) is 1.01. The van der Waals surface area contributed by atoms with Crippen LogP contribution in [0.5, 0.6) is 0 Å². The number of nitrogens with one attached hydrogen (secondary N) is 4. The SMILES string of the molecule is CC[NH+](CC)CCNC(=O)C(=O)Nc1cccc(NC(C)=O)c1. The van der Waals surface area contributed by atoms with Crippen LogP contribution in [0, 0.1) is 0 Å². The third-order valence-electron chi connectivity index (χ3n) is 3.41. The average Bonchev–Trinajstić information content (AvgIpc) is 2.51. The second kappa shape index (κ2) is 9.58. The Hall–Kier alpha value is -2.41. The summed E-state index contributed by atoms with van der Waals surface area (Å²) in [5.74, 6) is -1.59. The van der Waals surface area contributed by atoms with Crippen LogP contribution < -0.4 is 20.9 Å². The number of amides is 3. The van der Waals surface area contributed by atoms with E-state index in [0.717, 1.165) is 19.6 Å². The Balaban J connectivity index is 2.48. The van der Waals surface area contributed by atoms with Crippen LogP contribution in [0.4, 0.5) is 11.4 Å². The molecule has 1 aromatic rings. The molecule has 0 spiro atoms. The Kier molecular flexibility index (Phi) is 7.76. The lowest BCUT2D eigenvalue weighted by Gasteiger charge is -2.15. The maximum atomic E-state index is 11.8. The summed E-state index contributed by atoms with van der Waals surface area (Å²) >= 11 is 0. The van der Waals surface area contributed by atoms with Gasteiger partial charge in [-0.1, -0.05) is 6.07 Å². The number of anilines is 2. The van der Waals surface area contributed by atoms with Crippen molar-refractivity contribution in [2.75, 3.05) is 36.8 Å². The summed E-state index contributed by atoms with van der Waals surface area (Å²) in [6, 6.07) is 6.62. The molecular formula is C16H25N4O3+. The predicted molar refractivity (Wildman–Crippen MR) is 89.3 cm³/mol. The van der Waals surface area contributed by atoms with Gasteiger partial charge in [-0.3, -0.25) is 14.4 Å². The van der Waals surface area contributed by atoms with Gasteiger partial charge in [-0.15, -0.1) is 0 Å². The van der Waals surface area contributed by atoms with Crippen LogP contribution in [0.1, 0.15) is 20.8 Å². The Morgan fingerprint density at radius 2 is 1.61 bits per heavy atom. The van der Waals surface area contributed by atoms with Crippen molar-refractivity contribution >= 4 is 29.1 Å². The van der Waals surface area contributed by atoms with Gasteiger partial charge >= 0.3 is 11.8 Å². The molecule has 23 heavy (non-hydrogen) atoms. The zero-order valence-electron chi connectivity index (χ0n) is 13.9. The van der Waals surface area contributed by atoms with E-state index in [0.29, 0.717) is 17.9 Å². The van der Waals surface area contributed by atoms with Crippen molar-refractivity contribution in [3.05, 3.63) is 24.3 Å². The molecule has 3 amide bonds. The highest BCUT2D eigenvalue weighted by atomic mass is 16.2. The molecule has 4 N–H and O–H groups in total. The number of benzene rings is 1. The van der Waals surface area contributed by atoms with Crippen LogP contribution in [-0.4, -0.2) is 43.9 Å². The number of carbonyl (C=O) groups excluding carboxylic acids is 3. The van der Waals surface area contributed by atoms with E-state index in [4.69, 9.17) is 0 Å². The van der Waals surface area contributed by atoms with Crippen molar-refractivity contribution in [3.63, 3.8) is 0 Å². The molecular weight excluding hydrogens is 296 g/mol. The highest BCUT2D eigenvalue weighted by Gasteiger charge is 2.14. The molecule has 0 atom stereocenters. The van der Waals surface area contributed by atoms with E-state index in [1.165, 1.54) is 11.8 Å². The van der Waals surface area contributed by atoms with Crippen LogP contribution in [0.15, 0.2) is 24.3 Å². The molecule has 0 saturated carbocycles. The fourth-order valence-corrected chi connectivity index (χ4v) is 2.10. The molecule has 126 valence electrons. The van der Waals surface area contributed by atoms with Crippen LogP contribution in [0.25, 0.3) is 0 Å². The summed E-state index contributed by atoms with van der Waals surface area (Å²) in [6.45, 7) is 8.75. The number of rotatable bonds is 7. The number of hydrogen-bond donors (Lipinski definition) is 4. The van der Waals surface area contributed by atoms with Crippen LogP contribution in [0.3, 0.4) is 0 Å². The summed E-state index contributed by atoms with van der Waals surface area (Å²) in [7, 11) is 0. The minimum absolute atomic E-state index is 0.204. The van der Waals surface area contributed by atoms with Crippen LogP contribution in [0.2, 0.25) is 0 Å². The summed E-state index contributed by atoms with van der Waals surface area (Å²) in [4.78, 5) is 36.0. The van der Waals surface area contributed by atoms with Crippen LogP contribution >= 0.6 is 0 Å². The normalized spacial score (nSPS) is 10.3. The molecule has 0 fully saturated rings. The first-order chi connectivity index (χ1) is 11.0. The second-order valence-electron chi connectivity index (χ2n) is 5.18. The van der Waals surface area contributed by atoms with E-state index < -0.39 is 11.8 Å². The third kappa shape index (κ3) is 6.92. The van der Waals surface area contributed by atoms with Crippen molar-refractivity contribution in [2.24, 2.45) is 0 Å². The first kappa shape index (κ1) is 18.6. The molecule has 0 aliphatic heterocycles. The zero-order chi connectivity index (χ0) is 17.2. The van der Waals surface area contributed by atoms with E-state index in [2.05, 4.69) is 29.8 Å². The van der Waals surface area contributed by atoms with E-state index in [-0.39, 0.29) is 5.91 Å². The van der Waals surface area contributed by atoms with Crippen LogP contribution in [-0.2, 0) is 14.4 Å². The van der Waals surface area contributed by atoms with Gasteiger partial charge in [0.2, 0.25) is 5.91 Å². The largest absolute Gasteiger partial charge is 0.342 e. The van der Waals surface area contributed by atoms with Gasteiger partial charge < -0.3 is 20.9 Å². The average molecular weight is 321 g/mol. The summed E-state index contributed by atoms with van der Waals surface area (Å²) < 4.78 is 0. The summed E-state index contributed by atoms with van der Waals surface area (Å²) in [5, 5.41) is 7.73. The summed E-state index contributed by atoms with van der Waals surface area (Å²) in [6.07, 6.45) is 0. The molecule has 0 aliphatic rings. The monoisotopic (exact) mass is 321 g/mol. The van der Waals surface area contributed by atoms with Gasteiger partial charge in [0.1, 0.15) is 0 Å². The number of quaternary nitrogens is 1. The highest BCUT2D eigenvalue weighted by molar-refractivity contribution is 6.39. The number of likely N-dealkylation sites (N-methyl/N-ethyl adjacent to an activating group) is 1. The van der Waals surface area contributed by atoms with Crippen molar-refractivity contribution in [2.45, 2.75) is 20.8 Å². The Labute approximate surface area is 136 Å². The molecule has 0 aliphatic carbocycles. The molecule has 0 radical (unpaired) electrons. The topological polar surface area (TPSA) is 91.7 Å². The van der Waals surface area contributed by atoms with Gasteiger partial charge in [0.15, 0.2) is 0 Å². The molecule has 0 bridgehead atoms. The van der Waals surface area contributed by atoms with E-state index in [9.17, 15) is 14.4 Å². The molecule has 0 heterocycles. The lowest BCUT2D eigenvalue weighted by Crippen LogP contribution is -3.12. The minimum atomic E-state index is -0.723. The standard InChI is InChI=1S/C16H24N4O3/c1-4-20(5-2)10-9-17-15(22)16(23)19-14-8-6-7-13(11-14)18-12(3)21/h6-8,11H,4-5,9-10H2,1-3H3,(H,17,22)(H,18,21)(H,19,23)/p+1. The molecule has 0 unspecified atom stereocenters. The smallest absolute Gasteiger partial charge is 0.313 e. The Morgan fingerprint density at radius 1 is 1.00 bits per heavy atom. The molecule has 1 rings (SSSR count). The van der Waals surface area contributed by atoms with Gasteiger partial charge in [-0.2, -0.15) is 0 Å². The van der Waals surface area contributed by atoms with Crippen molar-refractivity contribution < 1.29 is 19.3 Å². The predicted octanol–water partition coefficient (Wildman–Crippen LogP) is -0.376. The molecule has 7 heteroatoms. The molecule has 7 nitrogen and oxygen atoms in total. The quantitative estimate of drug-likeness (QED) is 0.516. The van der Waals surface area contributed by atoms with Crippen molar-refractivity contribution in [1.29, 1.82) is 0 Å². The fraction of sp³-hybridized carbons (Fsp3) is 0.438. The van der Waals surface area contributed by atoms with E-state index in [1.807, 2.05) is 0 Å². The van der Waals surface area contributed by atoms with Crippen molar-refractivity contribution in [1.82, 2.24) is 5.32 Å². The Bertz CT molecular complexity index is 556. The number of hydrogen-bond acceptors (Lipinski definition) is 3. The van der Waals surface area contributed by atoms with Gasteiger partial charge in [0, 0.05) is 18.3 Å². The second-order valence-corrected chi connectivity index (χ2v) is 5.18. The maximum Gasteiger partial charge on any atom is 0.313 e. The number of carbonyl (C=O) groups is 3. The molecule has 0 saturated heterocycles. The van der Waals surface area contributed by atoms with Gasteiger partial charge in [0.25, 0.3) is 0 Å². The van der Waals surface area contributed by atoms with Crippen molar-refractivity contribution in [3.8, 4) is 0 Å². The third-order valence-corrected chi connectivity index (χ3v) is 3.41. The zero-order valence-corrected chi connectivity index (χ0v) is 13.9. The lowest BCUT2D eigenvalue weighted by atomic mass is 10.2. The molecule has 0 aromatic heterocycles. The highest BCUT2D eigenvalue weighted by Crippen LogP contribution is 2.14. The van der Waals surface area contributed by atoms with E-state index in [1.54, 1.807) is 24.3 Å². The van der Waals surface area contributed by atoms with Gasteiger partial charge in [-0.05, 0) is 32.0 Å². The first-order valence-electron chi connectivity index (χ1n) is 7.76. The Morgan fingerprint density at radius 3 is 2.17 bits per heavy atom. The fourth-order valence-electron chi connectivity index (χ4n) is 2.10. The lowest BCUT2D eigenvalue weighted by molar-refractivity contribution is -0.895. The van der Waals surface area contributed by atoms with Gasteiger partial charge in [0.05, 0.1) is 26.2 Å². The van der Waals surface area contributed by atoms with E-state index >= 15 is 0 Å². The molecule has 1 aromatic carbocycles. The first-order valence-corrected chi connectivity index (χ1v) is 7.76. The van der Waals surface area contributed by atoms with Gasteiger partial charge in [-0.25, -0.2) is 0 Å². The maximum absolute atomic E-state index is 11.8. The minimum Gasteiger partial charge on any atom is -0.342 e.